The minimum atomic E-state index is -0.613. The molecule has 0 saturated carbocycles. The number of carbonyl (C=O) groups excluding carboxylic acids is 1. The lowest BCUT2D eigenvalue weighted by atomic mass is 10.1. The van der Waals surface area contributed by atoms with E-state index < -0.39 is 12.6 Å². The minimum Gasteiger partial charge on any atom is -0.493 e. The predicted octanol–water partition coefficient (Wildman–Crippen LogP) is 1.11. The van der Waals surface area contributed by atoms with Gasteiger partial charge in [0, 0.05) is 12.1 Å². The summed E-state index contributed by atoms with van der Waals surface area (Å²) < 4.78 is 17.0. The molecule has 0 fully saturated rings. The molecule has 0 aromatic heterocycles. The molecule has 0 heterocycles. The van der Waals surface area contributed by atoms with Crippen molar-refractivity contribution in [1.82, 2.24) is 0 Å². The third-order valence-corrected chi connectivity index (χ3v) is 1.80. The molecular weight excluding hydrogens is 199 g/mol. The summed E-state index contributed by atoms with van der Waals surface area (Å²) in [5.41, 5.74) is 11.3. The Morgan fingerprint density at radius 1 is 1.47 bits per heavy atom. The zero-order valence-electron chi connectivity index (χ0n) is 8.20. The van der Waals surface area contributed by atoms with Crippen LogP contribution in [-0.4, -0.2) is 19.2 Å². The van der Waals surface area contributed by atoms with Crippen LogP contribution in [0.4, 0.5) is 10.1 Å². The van der Waals surface area contributed by atoms with Crippen LogP contribution in [0.25, 0.3) is 0 Å². The molecule has 0 aliphatic carbocycles. The molecule has 82 valence electrons. The number of halogens is 1. The number of benzene rings is 1. The number of anilines is 1. The topological polar surface area (TPSA) is 78.3 Å². The maximum Gasteiger partial charge on any atom is 0.252 e. The Balaban J connectivity index is 2.81. The largest absolute Gasteiger partial charge is 0.493 e. The Hall–Kier alpha value is -1.78. The van der Waals surface area contributed by atoms with Gasteiger partial charge in [0.05, 0.1) is 18.8 Å². The summed E-state index contributed by atoms with van der Waals surface area (Å²) in [7, 11) is 0. The van der Waals surface area contributed by atoms with Gasteiger partial charge >= 0.3 is 0 Å². The monoisotopic (exact) mass is 212 g/mol. The zero-order chi connectivity index (χ0) is 11.3. The number of hydrogen-bond acceptors (Lipinski definition) is 3. The number of hydrogen-bond donors (Lipinski definition) is 2. The number of nitrogen functional groups attached to an aromatic ring is 1. The van der Waals surface area contributed by atoms with Crippen LogP contribution in [0.15, 0.2) is 18.2 Å². The number of alkyl halides is 1. The molecule has 1 amide bonds. The van der Waals surface area contributed by atoms with Gasteiger partial charge in [0.25, 0.3) is 5.91 Å². The van der Waals surface area contributed by atoms with Crippen molar-refractivity contribution in [3.63, 3.8) is 0 Å². The van der Waals surface area contributed by atoms with Crippen molar-refractivity contribution in [2.75, 3.05) is 19.0 Å². The molecule has 1 rings (SSSR count). The van der Waals surface area contributed by atoms with Gasteiger partial charge in [-0.05, 0) is 18.2 Å². The maximum atomic E-state index is 11.8. The summed E-state index contributed by atoms with van der Waals surface area (Å²) in [6.07, 6.45) is 0.280. The summed E-state index contributed by atoms with van der Waals surface area (Å²) in [4.78, 5) is 11.0. The Kier molecular flexibility index (Phi) is 3.91. The van der Waals surface area contributed by atoms with E-state index in [4.69, 9.17) is 16.2 Å². The molecule has 4 N–H and O–H groups in total. The molecule has 5 heteroatoms. The van der Waals surface area contributed by atoms with Gasteiger partial charge in [-0.3, -0.25) is 9.18 Å². The number of nitrogens with two attached hydrogens (primary N) is 2. The smallest absolute Gasteiger partial charge is 0.252 e. The summed E-state index contributed by atoms with van der Waals surface area (Å²) in [6, 6.07) is 4.58. The quantitative estimate of drug-likeness (QED) is 0.566. The Labute approximate surface area is 87.0 Å². The predicted molar refractivity (Wildman–Crippen MR) is 55.5 cm³/mol. The number of ether oxygens (including phenoxy) is 1. The standard InChI is InChI=1S/C10H13FN2O2/c11-4-1-5-15-9-3-2-7(12)6-8(9)10(13)14/h2-3,6H,1,4-5,12H2,(H2,13,14). The summed E-state index contributed by atoms with van der Waals surface area (Å²) in [5.74, 6) is -0.275. The van der Waals surface area contributed by atoms with E-state index in [0.29, 0.717) is 11.4 Å². The minimum absolute atomic E-state index is 0.209. The van der Waals surface area contributed by atoms with Gasteiger partial charge in [0.2, 0.25) is 0 Å². The first-order chi connectivity index (χ1) is 7.15. The van der Waals surface area contributed by atoms with Crippen LogP contribution in [0, 0.1) is 0 Å². The SMILES string of the molecule is NC(=O)c1cc(N)ccc1OCCCF. The van der Waals surface area contributed by atoms with Crippen LogP contribution in [0.1, 0.15) is 16.8 Å². The van der Waals surface area contributed by atoms with Crippen LogP contribution in [0.2, 0.25) is 0 Å². The third kappa shape index (κ3) is 3.12. The van der Waals surface area contributed by atoms with Crippen LogP contribution in [0.5, 0.6) is 5.75 Å². The lowest BCUT2D eigenvalue weighted by molar-refractivity contribution is 0.0996. The van der Waals surface area contributed by atoms with E-state index in [9.17, 15) is 9.18 Å². The summed E-state index contributed by atoms with van der Waals surface area (Å²) in [6.45, 7) is -0.248. The fourth-order valence-electron chi connectivity index (χ4n) is 1.10. The molecule has 0 radical (unpaired) electrons. The van der Waals surface area contributed by atoms with Crippen molar-refractivity contribution in [1.29, 1.82) is 0 Å². The summed E-state index contributed by atoms with van der Waals surface area (Å²) in [5, 5.41) is 0. The van der Waals surface area contributed by atoms with Crippen molar-refractivity contribution >= 4 is 11.6 Å². The van der Waals surface area contributed by atoms with Crippen LogP contribution < -0.4 is 16.2 Å². The molecule has 4 nitrogen and oxygen atoms in total. The number of primary amides is 1. The molecule has 0 saturated heterocycles. The van der Waals surface area contributed by atoms with E-state index in [1.165, 1.54) is 6.07 Å². The van der Waals surface area contributed by atoms with Crippen molar-refractivity contribution in [3.8, 4) is 5.75 Å². The van der Waals surface area contributed by atoms with E-state index in [0.717, 1.165) is 0 Å². The van der Waals surface area contributed by atoms with E-state index >= 15 is 0 Å². The van der Waals surface area contributed by atoms with E-state index in [1.54, 1.807) is 12.1 Å². The number of rotatable bonds is 5. The van der Waals surface area contributed by atoms with Crippen molar-refractivity contribution in [2.45, 2.75) is 6.42 Å². The Bertz CT molecular complexity index is 355. The Morgan fingerprint density at radius 3 is 2.80 bits per heavy atom. The van der Waals surface area contributed by atoms with Gasteiger partial charge in [-0.15, -0.1) is 0 Å². The second kappa shape index (κ2) is 5.19. The highest BCUT2D eigenvalue weighted by Gasteiger charge is 2.09. The third-order valence-electron chi connectivity index (χ3n) is 1.80. The first-order valence-corrected chi connectivity index (χ1v) is 4.53. The molecule has 0 bridgehead atoms. The van der Waals surface area contributed by atoms with E-state index in [-0.39, 0.29) is 18.6 Å². The lowest BCUT2D eigenvalue weighted by Crippen LogP contribution is -2.14. The van der Waals surface area contributed by atoms with E-state index in [2.05, 4.69) is 0 Å². The zero-order valence-corrected chi connectivity index (χ0v) is 8.20. The molecule has 0 atom stereocenters. The fraction of sp³-hybridized carbons (Fsp3) is 0.300. The normalized spacial score (nSPS) is 9.93. The van der Waals surface area contributed by atoms with Gasteiger partial charge in [0.1, 0.15) is 5.75 Å². The second-order valence-corrected chi connectivity index (χ2v) is 3.01. The van der Waals surface area contributed by atoms with Gasteiger partial charge in [-0.1, -0.05) is 0 Å². The molecule has 0 spiro atoms. The van der Waals surface area contributed by atoms with Crippen LogP contribution in [-0.2, 0) is 0 Å². The molecule has 15 heavy (non-hydrogen) atoms. The van der Waals surface area contributed by atoms with Crippen molar-refractivity contribution < 1.29 is 13.9 Å². The average molecular weight is 212 g/mol. The van der Waals surface area contributed by atoms with Crippen LogP contribution >= 0.6 is 0 Å². The molecule has 1 aromatic rings. The first kappa shape index (κ1) is 11.3. The lowest BCUT2D eigenvalue weighted by Gasteiger charge is -2.09. The van der Waals surface area contributed by atoms with Crippen LogP contribution in [0.3, 0.4) is 0 Å². The second-order valence-electron chi connectivity index (χ2n) is 3.01. The molecule has 0 aliphatic rings. The highest BCUT2D eigenvalue weighted by molar-refractivity contribution is 5.96. The number of carbonyl (C=O) groups is 1. The van der Waals surface area contributed by atoms with Gasteiger partial charge in [-0.25, -0.2) is 0 Å². The maximum absolute atomic E-state index is 11.8. The summed E-state index contributed by atoms with van der Waals surface area (Å²) >= 11 is 0. The molecule has 1 aromatic carbocycles. The van der Waals surface area contributed by atoms with Crippen molar-refractivity contribution in [3.05, 3.63) is 23.8 Å². The molecular formula is C10H13FN2O2. The van der Waals surface area contributed by atoms with Gasteiger partial charge < -0.3 is 16.2 Å². The molecule has 0 unspecified atom stereocenters. The molecule has 0 aliphatic heterocycles. The number of amides is 1. The highest BCUT2D eigenvalue weighted by Crippen LogP contribution is 2.20. The van der Waals surface area contributed by atoms with Gasteiger partial charge in [0.15, 0.2) is 0 Å². The average Bonchev–Trinajstić information content (AvgIpc) is 2.20. The Morgan fingerprint density at radius 2 is 2.20 bits per heavy atom. The van der Waals surface area contributed by atoms with Crippen molar-refractivity contribution in [2.24, 2.45) is 5.73 Å². The highest BCUT2D eigenvalue weighted by atomic mass is 19.1. The van der Waals surface area contributed by atoms with E-state index in [1.807, 2.05) is 0 Å². The fourth-order valence-corrected chi connectivity index (χ4v) is 1.10. The first-order valence-electron chi connectivity index (χ1n) is 4.53. The van der Waals surface area contributed by atoms with Gasteiger partial charge in [-0.2, -0.15) is 0 Å².